The van der Waals surface area contributed by atoms with Gasteiger partial charge >= 0.3 is 0 Å². The molecular weight excluding hydrogens is 268 g/mol. The molecule has 3 aromatic rings. The summed E-state index contributed by atoms with van der Waals surface area (Å²) in [5.41, 5.74) is 7.93. The normalized spacial score (nSPS) is 10.8. The summed E-state index contributed by atoms with van der Waals surface area (Å²) in [6.07, 6.45) is 0. The lowest BCUT2D eigenvalue weighted by atomic mass is 10.1. The summed E-state index contributed by atoms with van der Waals surface area (Å²) in [7, 11) is 0. The molecule has 0 fully saturated rings. The van der Waals surface area contributed by atoms with Gasteiger partial charge in [-0.05, 0) is 30.3 Å². The van der Waals surface area contributed by atoms with Crippen molar-refractivity contribution in [2.45, 2.75) is 10.6 Å². The van der Waals surface area contributed by atoms with Crippen LogP contribution in [0.5, 0.6) is 5.75 Å². The predicted octanol–water partition coefficient (Wildman–Crippen LogP) is 3.81. The molecule has 0 amide bonds. The lowest BCUT2D eigenvalue weighted by Crippen LogP contribution is -1.97. The highest BCUT2D eigenvalue weighted by Crippen LogP contribution is 2.28. The van der Waals surface area contributed by atoms with Crippen LogP contribution in [-0.2, 0) is 5.75 Å². The van der Waals surface area contributed by atoms with Crippen LogP contribution in [0.4, 0.5) is 5.82 Å². The minimum absolute atomic E-state index is 0.277. The Morgan fingerprint density at radius 1 is 1.05 bits per heavy atom. The monoisotopic (exact) mass is 282 g/mol. The van der Waals surface area contributed by atoms with Crippen molar-refractivity contribution in [2.75, 3.05) is 5.73 Å². The number of rotatable bonds is 3. The number of phenolic OH excluding ortho intramolecular Hbond substituents is 1. The van der Waals surface area contributed by atoms with Gasteiger partial charge in [0.05, 0.1) is 5.52 Å². The van der Waals surface area contributed by atoms with Crippen molar-refractivity contribution >= 4 is 28.5 Å². The van der Waals surface area contributed by atoms with Gasteiger partial charge in [-0.15, -0.1) is 11.8 Å². The van der Waals surface area contributed by atoms with Gasteiger partial charge in [0, 0.05) is 21.6 Å². The minimum atomic E-state index is 0.277. The van der Waals surface area contributed by atoms with Crippen LogP contribution in [0.3, 0.4) is 0 Å². The number of fused-ring (bicyclic) bond motifs is 1. The van der Waals surface area contributed by atoms with E-state index in [4.69, 9.17) is 5.73 Å². The van der Waals surface area contributed by atoms with Gasteiger partial charge < -0.3 is 10.8 Å². The Morgan fingerprint density at radius 2 is 1.90 bits per heavy atom. The van der Waals surface area contributed by atoms with Gasteiger partial charge in [0.25, 0.3) is 0 Å². The fourth-order valence-electron chi connectivity index (χ4n) is 2.02. The summed E-state index contributed by atoms with van der Waals surface area (Å²) in [5, 5.41) is 10.5. The van der Waals surface area contributed by atoms with Gasteiger partial charge in [-0.3, -0.25) is 0 Å². The molecule has 1 aromatic heterocycles. The SMILES string of the molecule is Nc1nc2ccccc2cc1CSc1cccc(O)c1. The number of pyridine rings is 1. The molecule has 0 saturated heterocycles. The highest BCUT2D eigenvalue weighted by atomic mass is 32.2. The molecule has 20 heavy (non-hydrogen) atoms. The molecule has 0 aliphatic carbocycles. The van der Waals surface area contributed by atoms with E-state index in [1.54, 1.807) is 23.9 Å². The number of nitrogen functional groups attached to an aromatic ring is 1. The van der Waals surface area contributed by atoms with Crippen LogP contribution in [0, 0.1) is 0 Å². The molecule has 0 bridgehead atoms. The summed E-state index contributed by atoms with van der Waals surface area (Å²) in [6.45, 7) is 0. The third-order valence-corrected chi connectivity index (χ3v) is 4.09. The van der Waals surface area contributed by atoms with Crippen LogP contribution >= 0.6 is 11.8 Å². The fraction of sp³-hybridized carbons (Fsp3) is 0.0625. The Balaban J connectivity index is 1.85. The van der Waals surface area contributed by atoms with E-state index in [0.29, 0.717) is 5.82 Å². The summed E-state index contributed by atoms with van der Waals surface area (Å²) in [6, 6.07) is 17.2. The number of aromatic hydroxyl groups is 1. The Labute approximate surface area is 121 Å². The first-order valence-electron chi connectivity index (χ1n) is 6.28. The van der Waals surface area contributed by atoms with E-state index in [1.165, 1.54) is 0 Å². The van der Waals surface area contributed by atoms with Crippen molar-refractivity contribution in [3.63, 3.8) is 0 Å². The Bertz CT molecular complexity index is 758. The van der Waals surface area contributed by atoms with Crippen LogP contribution in [-0.4, -0.2) is 10.1 Å². The van der Waals surface area contributed by atoms with E-state index < -0.39 is 0 Å². The van der Waals surface area contributed by atoms with Crippen molar-refractivity contribution in [3.05, 3.63) is 60.2 Å². The standard InChI is InChI=1S/C16H14N2OS/c17-16-12(8-11-4-1-2-7-15(11)18-16)10-20-14-6-3-5-13(19)9-14/h1-9,19H,10H2,(H2,17,18). The number of nitrogens with two attached hydrogens (primary N) is 1. The number of phenols is 1. The van der Waals surface area contributed by atoms with E-state index in [1.807, 2.05) is 36.4 Å². The first kappa shape index (κ1) is 12.8. The number of aromatic nitrogens is 1. The second kappa shape index (κ2) is 5.43. The van der Waals surface area contributed by atoms with E-state index in [2.05, 4.69) is 11.1 Å². The Kier molecular flexibility index (Phi) is 3.48. The number of para-hydroxylation sites is 1. The molecule has 100 valence electrons. The zero-order chi connectivity index (χ0) is 13.9. The van der Waals surface area contributed by atoms with E-state index in [0.717, 1.165) is 27.1 Å². The minimum Gasteiger partial charge on any atom is -0.508 e. The third kappa shape index (κ3) is 2.70. The van der Waals surface area contributed by atoms with Crippen LogP contribution in [0.2, 0.25) is 0 Å². The second-order valence-electron chi connectivity index (χ2n) is 4.51. The van der Waals surface area contributed by atoms with E-state index >= 15 is 0 Å². The maximum atomic E-state index is 9.46. The van der Waals surface area contributed by atoms with Gasteiger partial charge in [0.2, 0.25) is 0 Å². The van der Waals surface area contributed by atoms with Gasteiger partial charge in [-0.25, -0.2) is 4.98 Å². The number of nitrogens with zero attached hydrogens (tertiary/aromatic N) is 1. The van der Waals surface area contributed by atoms with Crippen molar-refractivity contribution in [1.82, 2.24) is 4.98 Å². The highest BCUT2D eigenvalue weighted by molar-refractivity contribution is 7.98. The number of hydrogen-bond acceptors (Lipinski definition) is 4. The lowest BCUT2D eigenvalue weighted by Gasteiger charge is -2.07. The maximum absolute atomic E-state index is 9.46. The van der Waals surface area contributed by atoms with Gasteiger partial charge in [-0.2, -0.15) is 0 Å². The number of thioether (sulfide) groups is 1. The average Bonchev–Trinajstić information content (AvgIpc) is 2.45. The van der Waals surface area contributed by atoms with Crippen molar-refractivity contribution in [3.8, 4) is 5.75 Å². The molecule has 0 atom stereocenters. The van der Waals surface area contributed by atoms with E-state index in [9.17, 15) is 5.11 Å². The van der Waals surface area contributed by atoms with Crippen LogP contribution < -0.4 is 5.73 Å². The molecule has 0 radical (unpaired) electrons. The molecular formula is C16H14N2OS. The predicted molar refractivity (Wildman–Crippen MR) is 83.8 cm³/mol. The summed E-state index contributed by atoms with van der Waals surface area (Å²) in [5.74, 6) is 1.57. The van der Waals surface area contributed by atoms with Gasteiger partial charge in [0.15, 0.2) is 0 Å². The van der Waals surface area contributed by atoms with E-state index in [-0.39, 0.29) is 5.75 Å². The molecule has 0 unspecified atom stereocenters. The highest BCUT2D eigenvalue weighted by Gasteiger charge is 2.05. The molecule has 0 saturated carbocycles. The van der Waals surface area contributed by atoms with Crippen LogP contribution in [0.15, 0.2) is 59.5 Å². The zero-order valence-corrected chi connectivity index (χ0v) is 11.6. The molecule has 2 aromatic carbocycles. The summed E-state index contributed by atoms with van der Waals surface area (Å²) < 4.78 is 0. The number of benzene rings is 2. The Morgan fingerprint density at radius 3 is 2.75 bits per heavy atom. The first-order chi connectivity index (χ1) is 9.72. The van der Waals surface area contributed by atoms with Gasteiger partial charge in [0.1, 0.15) is 11.6 Å². The molecule has 3 nitrogen and oxygen atoms in total. The van der Waals surface area contributed by atoms with Crippen LogP contribution in [0.25, 0.3) is 10.9 Å². The summed E-state index contributed by atoms with van der Waals surface area (Å²) in [4.78, 5) is 5.43. The number of hydrogen-bond donors (Lipinski definition) is 2. The zero-order valence-electron chi connectivity index (χ0n) is 10.8. The molecule has 4 heteroatoms. The lowest BCUT2D eigenvalue weighted by molar-refractivity contribution is 0.474. The smallest absolute Gasteiger partial charge is 0.128 e. The second-order valence-corrected chi connectivity index (χ2v) is 5.56. The first-order valence-corrected chi connectivity index (χ1v) is 7.27. The Hall–Kier alpha value is -2.20. The van der Waals surface area contributed by atoms with Crippen LogP contribution in [0.1, 0.15) is 5.56 Å². The third-order valence-electron chi connectivity index (χ3n) is 3.05. The largest absolute Gasteiger partial charge is 0.508 e. The van der Waals surface area contributed by atoms with Crippen molar-refractivity contribution in [2.24, 2.45) is 0 Å². The fourth-order valence-corrected chi connectivity index (χ4v) is 2.96. The molecule has 0 aliphatic rings. The summed E-state index contributed by atoms with van der Waals surface area (Å²) >= 11 is 1.63. The number of anilines is 1. The van der Waals surface area contributed by atoms with Gasteiger partial charge in [-0.1, -0.05) is 24.3 Å². The molecule has 0 spiro atoms. The quantitative estimate of drug-likeness (QED) is 0.717. The van der Waals surface area contributed by atoms with Crippen molar-refractivity contribution in [1.29, 1.82) is 0 Å². The van der Waals surface area contributed by atoms with Crippen molar-refractivity contribution < 1.29 is 5.11 Å². The molecule has 3 N–H and O–H groups in total. The topological polar surface area (TPSA) is 59.1 Å². The molecule has 0 aliphatic heterocycles. The average molecular weight is 282 g/mol. The molecule has 3 rings (SSSR count). The maximum Gasteiger partial charge on any atom is 0.128 e. The molecule has 1 heterocycles.